The van der Waals surface area contributed by atoms with Gasteiger partial charge in [0.2, 0.25) is 10.0 Å². The van der Waals surface area contributed by atoms with E-state index in [9.17, 15) is 18.5 Å². The molecular weight excluding hydrogens is 583 g/mol. The Labute approximate surface area is 247 Å². The topological polar surface area (TPSA) is 107 Å². The van der Waals surface area contributed by atoms with Crippen molar-refractivity contribution in [1.82, 2.24) is 9.55 Å². The van der Waals surface area contributed by atoms with Gasteiger partial charge < -0.3 is 4.57 Å². The first-order valence-corrected chi connectivity index (χ1v) is 15.1. The molecule has 0 bridgehead atoms. The van der Waals surface area contributed by atoms with E-state index in [4.69, 9.17) is 28.2 Å². The van der Waals surface area contributed by atoms with Gasteiger partial charge in [0.15, 0.2) is 0 Å². The number of halogens is 2. The third-order valence-corrected chi connectivity index (χ3v) is 7.54. The van der Waals surface area contributed by atoms with Crippen LogP contribution < -0.4 is 4.72 Å². The zero-order chi connectivity index (χ0) is 29.1. The first kappa shape index (κ1) is 28.4. The van der Waals surface area contributed by atoms with Crippen LogP contribution in [0.1, 0.15) is 17.0 Å². The van der Waals surface area contributed by atoms with Crippen LogP contribution in [-0.4, -0.2) is 29.1 Å². The second-order valence-corrected chi connectivity index (χ2v) is 12.1. The van der Waals surface area contributed by atoms with E-state index >= 15 is 0 Å². The summed E-state index contributed by atoms with van der Waals surface area (Å²) in [7, 11) is -3.38. The number of anilines is 1. The molecule has 5 aromatic rings. The molecule has 41 heavy (non-hydrogen) atoms. The second kappa shape index (κ2) is 11.7. The van der Waals surface area contributed by atoms with Gasteiger partial charge in [-0.1, -0.05) is 71.7 Å². The lowest BCUT2D eigenvalue weighted by Gasteiger charge is -2.10. The molecule has 0 saturated heterocycles. The second-order valence-electron chi connectivity index (χ2n) is 9.55. The Bertz CT molecular complexity index is 1840. The highest BCUT2D eigenvalue weighted by Crippen LogP contribution is 2.31. The summed E-state index contributed by atoms with van der Waals surface area (Å²) in [6.45, 7) is 0.462. The van der Waals surface area contributed by atoms with Crippen molar-refractivity contribution in [3.05, 3.63) is 134 Å². The highest BCUT2D eigenvalue weighted by molar-refractivity contribution is 7.92. The lowest BCUT2D eigenvalue weighted by Crippen LogP contribution is -2.09. The summed E-state index contributed by atoms with van der Waals surface area (Å²) >= 11 is 12.6. The molecule has 0 unspecified atom stereocenters. The zero-order valence-corrected chi connectivity index (χ0v) is 24.1. The fourth-order valence-electron chi connectivity index (χ4n) is 4.45. The first-order valence-electron chi connectivity index (χ1n) is 12.5. The minimum absolute atomic E-state index is 0.0333. The maximum absolute atomic E-state index is 11.6. The molecule has 0 amide bonds. The van der Waals surface area contributed by atoms with Gasteiger partial charge in [0.1, 0.15) is 5.82 Å². The summed E-state index contributed by atoms with van der Waals surface area (Å²) in [6.07, 6.45) is 3.56. The Hall–Kier alpha value is -4.18. The van der Waals surface area contributed by atoms with Gasteiger partial charge in [-0.05, 0) is 52.6 Å². The molecule has 5 rings (SSSR count). The highest BCUT2D eigenvalue weighted by Gasteiger charge is 2.15. The molecule has 0 radical (unpaired) electrons. The lowest BCUT2D eigenvalue weighted by atomic mass is 10.0. The van der Waals surface area contributed by atoms with E-state index in [1.54, 1.807) is 42.5 Å². The summed E-state index contributed by atoms with van der Waals surface area (Å²) in [5.41, 5.74) is 5.69. The number of imidazole rings is 1. The number of nitrogens with one attached hydrogen (secondary N) is 1. The maximum Gasteiger partial charge on any atom is 0.269 e. The number of sulfonamides is 1. The fraction of sp³-hybridized carbons (Fsp3) is 0.100. The molecule has 0 aliphatic carbocycles. The quantitative estimate of drug-likeness (QED) is 0.138. The summed E-state index contributed by atoms with van der Waals surface area (Å²) in [5, 5.41) is 12.1. The molecule has 0 aliphatic heterocycles. The number of aromatic nitrogens is 2. The third-order valence-electron chi connectivity index (χ3n) is 6.38. The SMILES string of the molecule is CS(=O)(=O)Nc1cccc(-c2ccc(Cc3nc(-c4ccc(Cl)cc4Cl)cn3Cc3ccc([N+](=O)[O-])cc3)cc2)c1. The largest absolute Gasteiger partial charge is 0.330 e. The lowest BCUT2D eigenvalue weighted by molar-refractivity contribution is -0.384. The molecule has 0 spiro atoms. The molecule has 0 atom stereocenters. The summed E-state index contributed by atoms with van der Waals surface area (Å²) < 4.78 is 27.7. The zero-order valence-electron chi connectivity index (χ0n) is 21.8. The third kappa shape index (κ3) is 7.13. The Morgan fingerprint density at radius 1 is 0.902 bits per heavy atom. The average Bonchev–Trinajstić information content (AvgIpc) is 3.30. The average molecular weight is 608 g/mol. The molecule has 1 aromatic heterocycles. The molecule has 0 fully saturated rings. The number of nitro benzene ring substituents is 1. The van der Waals surface area contributed by atoms with Gasteiger partial charge in [-0.2, -0.15) is 0 Å². The van der Waals surface area contributed by atoms with Gasteiger partial charge in [-0.15, -0.1) is 0 Å². The van der Waals surface area contributed by atoms with Crippen LogP contribution in [0.3, 0.4) is 0 Å². The van der Waals surface area contributed by atoms with E-state index in [-0.39, 0.29) is 5.69 Å². The van der Waals surface area contributed by atoms with E-state index in [2.05, 4.69) is 4.72 Å². The number of hydrogen-bond acceptors (Lipinski definition) is 5. The van der Waals surface area contributed by atoms with Crippen LogP contribution in [0.15, 0.2) is 97.2 Å². The fourth-order valence-corrected chi connectivity index (χ4v) is 5.51. The minimum atomic E-state index is -3.38. The van der Waals surface area contributed by atoms with Gasteiger partial charge in [0.05, 0.1) is 21.9 Å². The standard InChI is InChI=1S/C30H24Cl2N4O4S/c1-41(39,40)34-25-4-2-3-23(16-25)22-9-5-20(6-10-22)15-30-33-29(27-14-11-24(31)17-28(27)32)19-35(30)18-21-7-12-26(13-8-21)36(37)38/h2-14,16-17,19,34H,15,18H2,1H3. The van der Waals surface area contributed by atoms with Crippen LogP contribution in [0.5, 0.6) is 0 Å². The van der Waals surface area contributed by atoms with E-state index < -0.39 is 14.9 Å². The van der Waals surface area contributed by atoms with Crippen LogP contribution in [0.25, 0.3) is 22.4 Å². The maximum atomic E-state index is 11.6. The van der Waals surface area contributed by atoms with Crippen molar-refractivity contribution in [2.75, 3.05) is 11.0 Å². The van der Waals surface area contributed by atoms with Crippen LogP contribution in [0.2, 0.25) is 10.0 Å². The number of non-ortho nitro benzene ring substituents is 1. The van der Waals surface area contributed by atoms with Gasteiger partial charge in [-0.25, -0.2) is 13.4 Å². The minimum Gasteiger partial charge on any atom is -0.330 e. The molecule has 8 nitrogen and oxygen atoms in total. The van der Waals surface area contributed by atoms with Gasteiger partial charge in [-0.3, -0.25) is 14.8 Å². The molecule has 4 aromatic carbocycles. The Balaban J connectivity index is 1.44. The number of nitrogens with zero attached hydrogens (tertiary/aromatic N) is 3. The van der Waals surface area contributed by atoms with Crippen molar-refractivity contribution in [2.24, 2.45) is 0 Å². The van der Waals surface area contributed by atoms with Crippen molar-refractivity contribution >= 4 is 44.6 Å². The number of rotatable bonds is 9. The van der Waals surface area contributed by atoms with Crippen molar-refractivity contribution in [2.45, 2.75) is 13.0 Å². The Morgan fingerprint density at radius 3 is 2.27 bits per heavy atom. The smallest absolute Gasteiger partial charge is 0.269 e. The van der Waals surface area contributed by atoms with Crippen molar-refractivity contribution in [1.29, 1.82) is 0 Å². The summed E-state index contributed by atoms with van der Waals surface area (Å²) in [6, 6.07) is 26.9. The summed E-state index contributed by atoms with van der Waals surface area (Å²) in [4.78, 5) is 15.5. The predicted octanol–water partition coefficient (Wildman–Crippen LogP) is 7.44. The van der Waals surface area contributed by atoms with Crippen LogP contribution in [0.4, 0.5) is 11.4 Å². The normalized spacial score (nSPS) is 11.4. The van der Waals surface area contributed by atoms with E-state index in [1.165, 1.54) is 12.1 Å². The van der Waals surface area contributed by atoms with Crippen molar-refractivity contribution < 1.29 is 13.3 Å². The number of benzene rings is 4. The molecule has 11 heteroatoms. The van der Waals surface area contributed by atoms with E-state index in [0.717, 1.165) is 39.9 Å². The molecule has 0 saturated carbocycles. The van der Waals surface area contributed by atoms with Crippen molar-refractivity contribution in [3.63, 3.8) is 0 Å². The monoisotopic (exact) mass is 606 g/mol. The first-order chi connectivity index (χ1) is 19.5. The Morgan fingerprint density at radius 2 is 1.61 bits per heavy atom. The van der Waals surface area contributed by atoms with Crippen LogP contribution in [0, 0.1) is 10.1 Å². The predicted molar refractivity (Wildman–Crippen MR) is 163 cm³/mol. The number of nitro groups is 1. The number of hydrogen-bond donors (Lipinski definition) is 1. The molecule has 0 aliphatic rings. The molecule has 208 valence electrons. The molecule has 1 N–H and O–H groups in total. The van der Waals surface area contributed by atoms with Crippen LogP contribution in [-0.2, 0) is 23.0 Å². The highest BCUT2D eigenvalue weighted by atomic mass is 35.5. The Kier molecular flexibility index (Phi) is 8.12. The van der Waals surface area contributed by atoms with Crippen LogP contribution >= 0.6 is 23.2 Å². The van der Waals surface area contributed by atoms with E-state index in [1.807, 2.05) is 47.2 Å². The van der Waals surface area contributed by atoms with E-state index in [0.29, 0.717) is 34.4 Å². The summed E-state index contributed by atoms with van der Waals surface area (Å²) in [5.74, 6) is 0.788. The van der Waals surface area contributed by atoms with Crippen molar-refractivity contribution in [3.8, 4) is 22.4 Å². The molecule has 1 heterocycles. The van der Waals surface area contributed by atoms with Gasteiger partial charge >= 0.3 is 0 Å². The van der Waals surface area contributed by atoms with Gasteiger partial charge in [0.25, 0.3) is 5.69 Å². The van der Waals surface area contributed by atoms with Gasteiger partial charge in [0, 0.05) is 47.6 Å². The molecular formula is C30H24Cl2N4O4S.